The lowest BCUT2D eigenvalue weighted by Crippen LogP contribution is -2.42. The van der Waals surface area contributed by atoms with Crippen LogP contribution in [0.25, 0.3) is 11.3 Å². The van der Waals surface area contributed by atoms with Gasteiger partial charge in [0.25, 0.3) is 0 Å². The number of rotatable bonds is 4. The van der Waals surface area contributed by atoms with E-state index in [1.807, 2.05) is 33.8 Å². The van der Waals surface area contributed by atoms with E-state index in [2.05, 4.69) is 11.4 Å². The Hall–Kier alpha value is -2.54. The van der Waals surface area contributed by atoms with Gasteiger partial charge in [0.2, 0.25) is 0 Å². The maximum atomic E-state index is 12.6. The minimum absolute atomic E-state index is 0.0221. The highest BCUT2D eigenvalue weighted by molar-refractivity contribution is 5.74. The molecule has 0 radical (unpaired) electrons. The molecule has 4 rings (SSSR count). The van der Waals surface area contributed by atoms with Crippen molar-refractivity contribution in [2.45, 2.75) is 38.5 Å². The molecule has 1 atom stereocenters. The highest BCUT2D eigenvalue weighted by atomic mass is 16.5. The van der Waals surface area contributed by atoms with Crippen molar-refractivity contribution in [3.8, 4) is 17.0 Å². The first kappa shape index (κ1) is 17.9. The van der Waals surface area contributed by atoms with Crippen molar-refractivity contribution in [2.75, 3.05) is 26.8 Å². The van der Waals surface area contributed by atoms with Crippen LogP contribution in [0.5, 0.6) is 5.75 Å². The molecular weight excluding hydrogens is 344 g/mol. The number of nitrogens with one attached hydrogen (secondary N) is 1. The molecule has 2 amide bonds. The fraction of sp³-hybridized carbons (Fsp3) is 0.500. The van der Waals surface area contributed by atoms with Gasteiger partial charge in [-0.15, -0.1) is 0 Å². The number of nitrogens with zero attached hydrogens (tertiary/aromatic N) is 3. The van der Waals surface area contributed by atoms with Crippen LogP contribution in [0, 0.1) is 0 Å². The molecule has 0 bridgehead atoms. The summed E-state index contributed by atoms with van der Waals surface area (Å²) in [5.74, 6) is 0.827. The molecule has 2 aliphatic rings. The highest BCUT2D eigenvalue weighted by Gasteiger charge is 2.22. The number of ether oxygens (including phenoxy) is 2. The van der Waals surface area contributed by atoms with E-state index >= 15 is 0 Å². The zero-order valence-electron chi connectivity index (χ0n) is 15.7. The Morgan fingerprint density at radius 1 is 1.30 bits per heavy atom. The van der Waals surface area contributed by atoms with Crippen molar-refractivity contribution in [1.82, 2.24) is 20.0 Å². The Morgan fingerprint density at radius 3 is 2.89 bits per heavy atom. The lowest BCUT2D eigenvalue weighted by Gasteiger charge is -2.21. The van der Waals surface area contributed by atoms with Crippen LogP contribution in [0.4, 0.5) is 4.79 Å². The number of hydrogen-bond donors (Lipinski definition) is 1. The zero-order valence-corrected chi connectivity index (χ0v) is 15.7. The summed E-state index contributed by atoms with van der Waals surface area (Å²) in [7, 11) is 1.66. The second-order valence-electron chi connectivity index (χ2n) is 7.07. The van der Waals surface area contributed by atoms with Gasteiger partial charge in [-0.05, 0) is 49.6 Å². The summed E-state index contributed by atoms with van der Waals surface area (Å²) in [6, 6.07) is 9.94. The van der Waals surface area contributed by atoms with Gasteiger partial charge in [0, 0.05) is 31.8 Å². The molecule has 7 heteroatoms. The van der Waals surface area contributed by atoms with Crippen molar-refractivity contribution in [1.29, 1.82) is 0 Å². The van der Waals surface area contributed by atoms with Crippen molar-refractivity contribution in [3.05, 3.63) is 36.0 Å². The molecular formula is C20H26N4O3. The van der Waals surface area contributed by atoms with Crippen LogP contribution in [-0.2, 0) is 17.8 Å². The number of amides is 2. The van der Waals surface area contributed by atoms with E-state index in [0.717, 1.165) is 61.7 Å². The van der Waals surface area contributed by atoms with Crippen molar-refractivity contribution >= 4 is 6.03 Å². The number of aryl methyl sites for hydroxylation is 1. The quantitative estimate of drug-likeness (QED) is 0.898. The van der Waals surface area contributed by atoms with Crippen LogP contribution in [0.3, 0.4) is 0 Å². The number of benzene rings is 1. The third-order valence-electron chi connectivity index (χ3n) is 5.19. The summed E-state index contributed by atoms with van der Waals surface area (Å²) in [6.07, 6.45) is 3.16. The summed E-state index contributed by atoms with van der Waals surface area (Å²) in [6.45, 7) is 3.52. The number of methoxy groups -OCH3 is 1. The highest BCUT2D eigenvalue weighted by Crippen LogP contribution is 2.24. The molecule has 0 saturated carbocycles. The number of carbonyl (C=O) groups is 1. The maximum Gasteiger partial charge on any atom is 0.317 e. The van der Waals surface area contributed by atoms with E-state index in [4.69, 9.17) is 14.6 Å². The SMILES string of the molecule is COc1ccc(-c2cc3n(n2)CCCN(C(=O)NC[C@@H]2CCCO2)C3)cc1. The average molecular weight is 370 g/mol. The molecule has 7 nitrogen and oxygen atoms in total. The molecule has 2 aromatic rings. The molecule has 2 aliphatic heterocycles. The Balaban J connectivity index is 1.43. The van der Waals surface area contributed by atoms with Gasteiger partial charge in [-0.3, -0.25) is 4.68 Å². The molecule has 0 unspecified atom stereocenters. The standard InChI is InChI=1S/C20H26N4O3/c1-26-17-7-5-15(6-8-17)19-12-16-14-23(9-3-10-24(16)22-19)20(25)21-13-18-4-2-11-27-18/h5-8,12,18H,2-4,9-11,13-14H2,1H3,(H,21,25)/t18-/m0/s1. The third kappa shape index (κ3) is 4.08. The fourth-order valence-corrected chi connectivity index (χ4v) is 3.66. The van der Waals surface area contributed by atoms with Gasteiger partial charge in [0.05, 0.1) is 31.1 Å². The van der Waals surface area contributed by atoms with E-state index in [-0.39, 0.29) is 12.1 Å². The van der Waals surface area contributed by atoms with Crippen LogP contribution in [0.15, 0.2) is 30.3 Å². The van der Waals surface area contributed by atoms with Crippen LogP contribution in [-0.4, -0.2) is 53.6 Å². The zero-order chi connectivity index (χ0) is 18.6. The fourth-order valence-electron chi connectivity index (χ4n) is 3.66. The van der Waals surface area contributed by atoms with Gasteiger partial charge >= 0.3 is 6.03 Å². The summed E-state index contributed by atoms with van der Waals surface area (Å²) < 4.78 is 12.8. The maximum absolute atomic E-state index is 12.6. The van der Waals surface area contributed by atoms with Gasteiger partial charge in [0.15, 0.2) is 0 Å². The Bertz CT molecular complexity index is 781. The van der Waals surface area contributed by atoms with Crippen molar-refractivity contribution in [2.24, 2.45) is 0 Å². The van der Waals surface area contributed by atoms with Crippen molar-refractivity contribution < 1.29 is 14.3 Å². The summed E-state index contributed by atoms with van der Waals surface area (Å²) in [4.78, 5) is 14.4. The monoisotopic (exact) mass is 370 g/mol. The summed E-state index contributed by atoms with van der Waals surface area (Å²) in [5, 5.41) is 7.76. The predicted octanol–water partition coefficient (Wildman–Crippen LogP) is 2.65. The van der Waals surface area contributed by atoms with E-state index < -0.39 is 0 Å². The first-order valence-corrected chi connectivity index (χ1v) is 9.58. The molecule has 0 spiro atoms. The van der Waals surface area contributed by atoms with Crippen LogP contribution in [0.1, 0.15) is 25.0 Å². The number of hydrogen-bond acceptors (Lipinski definition) is 4. The van der Waals surface area contributed by atoms with Crippen LogP contribution >= 0.6 is 0 Å². The van der Waals surface area contributed by atoms with Crippen LogP contribution < -0.4 is 10.1 Å². The molecule has 3 heterocycles. The molecule has 144 valence electrons. The smallest absolute Gasteiger partial charge is 0.317 e. The third-order valence-corrected chi connectivity index (χ3v) is 5.19. The van der Waals surface area contributed by atoms with Crippen molar-refractivity contribution in [3.63, 3.8) is 0 Å². The molecule has 1 aromatic carbocycles. The first-order valence-electron chi connectivity index (χ1n) is 9.58. The largest absolute Gasteiger partial charge is 0.497 e. The average Bonchev–Trinajstić information content (AvgIpc) is 3.32. The minimum Gasteiger partial charge on any atom is -0.497 e. The van der Waals surface area contributed by atoms with Gasteiger partial charge in [0.1, 0.15) is 5.75 Å². The molecule has 1 N–H and O–H groups in total. The second-order valence-corrected chi connectivity index (χ2v) is 7.07. The number of carbonyl (C=O) groups excluding carboxylic acids is 1. The predicted molar refractivity (Wildman–Crippen MR) is 102 cm³/mol. The van der Waals surface area contributed by atoms with Gasteiger partial charge in [-0.25, -0.2) is 4.79 Å². The normalized spacial score (nSPS) is 19.4. The second kappa shape index (κ2) is 8.00. The Morgan fingerprint density at radius 2 is 2.15 bits per heavy atom. The Kier molecular flexibility index (Phi) is 5.29. The van der Waals surface area contributed by atoms with E-state index in [0.29, 0.717) is 13.1 Å². The number of aromatic nitrogens is 2. The lowest BCUT2D eigenvalue weighted by molar-refractivity contribution is 0.108. The molecule has 1 aromatic heterocycles. The minimum atomic E-state index is -0.0221. The van der Waals surface area contributed by atoms with Gasteiger partial charge in [-0.2, -0.15) is 5.10 Å². The number of fused-ring (bicyclic) bond motifs is 1. The Labute approximate surface area is 159 Å². The number of urea groups is 1. The molecule has 27 heavy (non-hydrogen) atoms. The molecule has 0 aliphatic carbocycles. The summed E-state index contributed by atoms with van der Waals surface area (Å²) in [5.41, 5.74) is 3.03. The first-order chi connectivity index (χ1) is 13.2. The topological polar surface area (TPSA) is 68.6 Å². The van der Waals surface area contributed by atoms with Gasteiger partial charge < -0.3 is 19.7 Å². The summed E-state index contributed by atoms with van der Waals surface area (Å²) >= 11 is 0. The van der Waals surface area contributed by atoms with E-state index in [1.165, 1.54) is 0 Å². The van der Waals surface area contributed by atoms with E-state index in [1.54, 1.807) is 7.11 Å². The van der Waals surface area contributed by atoms with E-state index in [9.17, 15) is 4.79 Å². The van der Waals surface area contributed by atoms with Gasteiger partial charge in [-0.1, -0.05) is 0 Å². The lowest BCUT2D eigenvalue weighted by atomic mass is 10.1. The molecule has 1 saturated heterocycles. The molecule has 1 fully saturated rings. The van der Waals surface area contributed by atoms with Crippen LogP contribution in [0.2, 0.25) is 0 Å².